The molecule has 0 bridgehead atoms. The molecule has 2 heterocycles. The first kappa shape index (κ1) is 14.3. The Kier molecular flexibility index (Phi) is 3.63. The fourth-order valence-corrected chi connectivity index (χ4v) is 2.39. The molecule has 0 fully saturated rings. The molecule has 5 heteroatoms. The molecule has 0 saturated carbocycles. The minimum atomic E-state index is -0.532. The summed E-state index contributed by atoms with van der Waals surface area (Å²) in [6.07, 6.45) is 4.90. The quantitative estimate of drug-likeness (QED) is 0.745. The van der Waals surface area contributed by atoms with Gasteiger partial charge in [-0.3, -0.25) is 9.48 Å². The van der Waals surface area contributed by atoms with Gasteiger partial charge in [0.05, 0.1) is 12.2 Å². The molecular weight excluding hydrogens is 281 g/mol. The Bertz CT molecular complexity index is 852. The lowest BCUT2D eigenvalue weighted by molar-refractivity contribution is 0.564. The summed E-state index contributed by atoms with van der Waals surface area (Å²) in [5.74, 6) is -0.532. The largest absolute Gasteiger partial charge is 0.318 e. The summed E-state index contributed by atoms with van der Waals surface area (Å²) in [4.78, 5) is 11.4. The van der Waals surface area contributed by atoms with Crippen LogP contribution in [0.4, 0.5) is 4.39 Å². The molecule has 0 aliphatic rings. The van der Waals surface area contributed by atoms with Gasteiger partial charge < -0.3 is 4.57 Å². The predicted octanol–water partition coefficient (Wildman–Crippen LogP) is 3.00. The molecule has 0 amide bonds. The van der Waals surface area contributed by atoms with Crippen LogP contribution >= 0.6 is 0 Å². The number of halogens is 1. The van der Waals surface area contributed by atoms with Gasteiger partial charge in [0.2, 0.25) is 0 Å². The summed E-state index contributed by atoms with van der Waals surface area (Å²) in [5, 5.41) is 4.32. The first-order valence-corrected chi connectivity index (χ1v) is 7.02. The smallest absolute Gasteiger partial charge is 0.253 e. The Balaban J connectivity index is 1.98. The molecule has 0 spiro atoms. The van der Waals surface area contributed by atoms with E-state index in [1.807, 2.05) is 37.3 Å². The van der Waals surface area contributed by atoms with Crippen molar-refractivity contribution in [3.8, 4) is 11.1 Å². The van der Waals surface area contributed by atoms with E-state index in [0.29, 0.717) is 11.1 Å². The molecule has 0 aliphatic heterocycles. The summed E-state index contributed by atoms with van der Waals surface area (Å²) < 4.78 is 17.1. The third-order valence-electron chi connectivity index (χ3n) is 3.77. The van der Waals surface area contributed by atoms with Crippen molar-refractivity contribution in [1.82, 2.24) is 14.3 Å². The molecule has 2 aromatic heterocycles. The van der Waals surface area contributed by atoms with E-state index in [0.717, 1.165) is 11.6 Å². The third kappa shape index (κ3) is 2.57. The molecule has 3 aromatic rings. The summed E-state index contributed by atoms with van der Waals surface area (Å²) in [5.41, 5.74) is 1.77. The number of rotatable bonds is 3. The van der Waals surface area contributed by atoms with Crippen LogP contribution in [0.3, 0.4) is 0 Å². The number of hydrogen-bond donors (Lipinski definition) is 0. The van der Waals surface area contributed by atoms with Crippen molar-refractivity contribution in [2.45, 2.75) is 13.0 Å². The maximum absolute atomic E-state index is 14.0. The molecule has 1 unspecified atom stereocenters. The maximum Gasteiger partial charge on any atom is 0.253 e. The van der Waals surface area contributed by atoms with Crippen LogP contribution in [-0.4, -0.2) is 14.3 Å². The molecular formula is C17H16FN3O. The molecule has 0 saturated heterocycles. The number of aromatic nitrogens is 3. The van der Waals surface area contributed by atoms with Crippen LogP contribution in [0.15, 0.2) is 59.8 Å². The van der Waals surface area contributed by atoms with E-state index >= 15 is 0 Å². The van der Waals surface area contributed by atoms with E-state index in [9.17, 15) is 9.18 Å². The predicted molar refractivity (Wildman–Crippen MR) is 83.1 cm³/mol. The molecule has 22 heavy (non-hydrogen) atoms. The monoisotopic (exact) mass is 297 g/mol. The number of aryl methyl sites for hydroxylation is 1. The van der Waals surface area contributed by atoms with Gasteiger partial charge in [-0.1, -0.05) is 30.3 Å². The minimum Gasteiger partial charge on any atom is -0.318 e. The molecule has 0 radical (unpaired) electrons. The fraction of sp³-hybridized carbons (Fsp3) is 0.176. The van der Waals surface area contributed by atoms with Crippen LogP contribution in [0.5, 0.6) is 0 Å². The lowest BCUT2D eigenvalue weighted by atomic mass is 10.1. The first-order valence-electron chi connectivity index (χ1n) is 7.02. The van der Waals surface area contributed by atoms with E-state index in [4.69, 9.17) is 0 Å². The van der Waals surface area contributed by atoms with Gasteiger partial charge in [-0.25, -0.2) is 4.39 Å². The average molecular weight is 297 g/mol. The zero-order chi connectivity index (χ0) is 15.7. The number of pyridine rings is 1. The van der Waals surface area contributed by atoms with Gasteiger partial charge in [0.15, 0.2) is 0 Å². The molecule has 4 nitrogen and oxygen atoms in total. The number of nitrogens with zero attached hydrogens (tertiary/aromatic N) is 3. The van der Waals surface area contributed by atoms with Crippen molar-refractivity contribution in [1.29, 1.82) is 0 Å². The van der Waals surface area contributed by atoms with Crippen LogP contribution in [0, 0.1) is 5.82 Å². The van der Waals surface area contributed by atoms with Crippen LogP contribution < -0.4 is 5.56 Å². The Labute approximate surface area is 127 Å². The highest BCUT2D eigenvalue weighted by atomic mass is 19.1. The fourth-order valence-electron chi connectivity index (χ4n) is 2.39. The van der Waals surface area contributed by atoms with E-state index in [-0.39, 0.29) is 11.6 Å². The van der Waals surface area contributed by atoms with Crippen molar-refractivity contribution in [2.24, 2.45) is 7.05 Å². The average Bonchev–Trinajstić information content (AvgIpc) is 3.00. The Morgan fingerprint density at radius 2 is 1.91 bits per heavy atom. The zero-order valence-electron chi connectivity index (χ0n) is 12.4. The third-order valence-corrected chi connectivity index (χ3v) is 3.77. The lowest BCUT2D eigenvalue weighted by Gasteiger charge is -2.12. The van der Waals surface area contributed by atoms with Gasteiger partial charge in [0.25, 0.3) is 5.56 Å². The number of hydrogen-bond acceptors (Lipinski definition) is 2. The highest BCUT2D eigenvalue weighted by Crippen LogP contribution is 2.24. The normalized spacial score (nSPS) is 12.3. The van der Waals surface area contributed by atoms with Gasteiger partial charge in [-0.2, -0.15) is 5.10 Å². The van der Waals surface area contributed by atoms with Crippen molar-refractivity contribution >= 4 is 0 Å². The molecule has 1 atom stereocenters. The summed E-state index contributed by atoms with van der Waals surface area (Å²) in [6, 6.07) is 11.0. The summed E-state index contributed by atoms with van der Waals surface area (Å²) >= 11 is 0. The van der Waals surface area contributed by atoms with E-state index in [1.54, 1.807) is 24.1 Å². The second-order valence-electron chi connectivity index (χ2n) is 5.28. The second-order valence-corrected chi connectivity index (χ2v) is 5.28. The van der Waals surface area contributed by atoms with E-state index in [1.165, 1.54) is 10.8 Å². The Morgan fingerprint density at radius 1 is 1.18 bits per heavy atom. The van der Waals surface area contributed by atoms with Gasteiger partial charge >= 0.3 is 0 Å². The maximum atomic E-state index is 14.0. The molecule has 1 aromatic carbocycles. The van der Waals surface area contributed by atoms with Gasteiger partial charge in [-0.15, -0.1) is 0 Å². The number of benzene rings is 1. The molecule has 112 valence electrons. The van der Waals surface area contributed by atoms with Crippen LogP contribution in [0.2, 0.25) is 0 Å². The highest BCUT2D eigenvalue weighted by molar-refractivity contribution is 5.61. The summed E-state index contributed by atoms with van der Waals surface area (Å²) in [6.45, 7) is 2.03. The Hall–Kier alpha value is -2.69. The van der Waals surface area contributed by atoms with Crippen LogP contribution in [0.1, 0.15) is 18.5 Å². The Morgan fingerprint density at radius 3 is 2.64 bits per heavy atom. The van der Waals surface area contributed by atoms with Crippen molar-refractivity contribution in [2.75, 3.05) is 0 Å². The minimum absolute atomic E-state index is 0.0468. The summed E-state index contributed by atoms with van der Waals surface area (Å²) in [7, 11) is 1.60. The lowest BCUT2D eigenvalue weighted by Crippen LogP contribution is -2.15. The zero-order valence-corrected chi connectivity index (χ0v) is 12.4. The standard InChI is InChI=1S/C17H16FN3O/c1-12(13-6-4-3-5-7-13)21-10-14(9-19-21)15-11-20(2)17(22)8-16(15)18/h3-12H,1-2H3. The molecule has 0 N–H and O–H groups in total. The van der Waals surface area contributed by atoms with Crippen LogP contribution in [-0.2, 0) is 7.05 Å². The van der Waals surface area contributed by atoms with Gasteiger partial charge in [0.1, 0.15) is 5.82 Å². The van der Waals surface area contributed by atoms with Gasteiger partial charge in [0, 0.05) is 36.6 Å². The van der Waals surface area contributed by atoms with Crippen LogP contribution in [0.25, 0.3) is 11.1 Å². The SMILES string of the molecule is CC(c1ccccc1)n1cc(-c2cn(C)c(=O)cc2F)cn1. The van der Waals surface area contributed by atoms with Crippen molar-refractivity contribution in [3.05, 3.63) is 76.7 Å². The van der Waals surface area contributed by atoms with Crippen molar-refractivity contribution in [3.63, 3.8) is 0 Å². The van der Waals surface area contributed by atoms with E-state index in [2.05, 4.69) is 5.10 Å². The van der Waals surface area contributed by atoms with Crippen molar-refractivity contribution < 1.29 is 4.39 Å². The van der Waals surface area contributed by atoms with E-state index < -0.39 is 5.82 Å². The first-order chi connectivity index (χ1) is 10.6. The topological polar surface area (TPSA) is 39.8 Å². The van der Waals surface area contributed by atoms with Gasteiger partial charge in [-0.05, 0) is 12.5 Å². The highest BCUT2D eigenvalue weighted by Gasteiger charge is 2.13. The molecule has 3 rings (SSSR count). The molecule has 0 aliphatic carbocycles. The second kappa shape index (κ2) is 5.60.